The van der Waals surface area contributed by atoms with Crippen LogP contribution in [0.3, 0.4) is 0 Å². The number of carbonyl (C=O) groups excluding carboxylic acids is 1. The zero-order valence-corrected chi connectivity index (χ0v) is 17.3. The molecule has 1 N–H and O–H groups in total. The van der Waals surface area contributed by atoms with Crippen LogP contribution in [0.2, 0.25) is 0 Å². The molecule has 0 aliphatic heterocycles. The molecule has 0 bridgehead atoms. The molecule has 0 heterocycles. The molecule has 0 unspecified atom stereocenters. The molecule has 0 radical (unpaired) electrons. The van der Waals surface area contributed by atoms with Gasteiger partial charge in [-0.2, -0.15) is 0 Å². The largest absolute Gasteiger partial charge is 0.493 e. The molecule has 0 saturated heterocycles. The van der Waals surface area contributed by atoms with E-state index in [4.69, 9.17) is 28.4 Å². The van der Waals surface area contributed by atoms with Crippen molar-refractivity contribution in [2.45, 2.75) is 0 Å². The van der Waals surface area contributed by atoms with Gasteiger partial charge >= 0.3 is 0 Å². The molecule has 2 aromatic carbocycles. The van der Waals surface area contributed by atoms with Crippen molar-refractivity contribution in [3.05, 3.63) is 42.1 Å². The van der Waals surface area contributed by atoms with Crippen LogP contribution in [0, 0.1) is 0 Å². The first-order valence-corrected chi connectivity index (χ1v) is 8.60. The fourth-order valence-corrected chi connectivity index (χ4v) is 2.70. The van der Waals surface area contributed by atoms with Crippen molar-refractivity contribution in [2.75, 3.05) is 48.0 Å². The second-order valence-electron chi connectivity index (χ2n) is 5.67. The van der Waals surface area contributed by atoms with E-state index in [-0.39, 0.29) is 5.78 Å². The third kappa shape index (κ3) is 4.84. The zero-order chi connectivity index (χ0) is 21.4. The molecule has 8 heteroatoms. The molecular formula is C21H25NO7. The third-order valence-electron chi connectivity index (χ3n) is 4.10. The molecule has 2 rings (SSSR count). The highest BCUT2D eigenvalue weighted by Gasteiger charge is 2.16. The fraction of sp³-hybridized carbons (Fsp3) is 0.286. The normalized spacial score (nSPS) is 10.4. The van der Waals surface area contributed by atoms with E-state index in [1.807, 2.05) is 0 Å². The molecule has 0 atom stereocenters. The quantitative estimate of drug-likeness (QED) is 0.476. The molecule has 0 saturated carbocycles. The van der Waals surface area contributed by atoms with Gasteiger partial charge in [-0.25, -0.2) is 0 Å². The van der Waals surface area contributed by atoms with E-state index in [1.165, 1.54) is 54.9 Å². The Morgan fingerprint density at radius 2 is 1.10 bits per heavy atom. The topological polar surface area (TPSA) is 84.5 Å². The van der Waals surface area contributed by atoms with Gasteiger partial charge in [-0.3, -0.25) is 4.79 Å². The Hall–Kier alpha value is -3.55. The van der Waals surface area contributed by atoms with E-state index in [0.717, 1.165) is 0 Å². The van der Waals surface area contributed by atoms with Crippen LogP contribution >= 0.6 is 0 Å². The number of ether oxygens (including phenoxy) is 6. The molecule has 156 valence electrons. The lowest BCUT2D eigenvalue weighted by molar-refractivity contribution is 0.104. The summed E-state index contributed by atoms with van der Waals surface area (Å²) in [6.07, 6.45) is 2.91. The van der Waals surface area contributed by atoms with E-state index in [2.05, 4.69) is 5.32 Å². The average Bonchev–Trinajstić information content (AvgIpc) is 2.76. The summed E-state index contributed by atoms with van der Waals surface area (Å²) in [5.74, 6) is 2.47. The zero-order valence-electron chi connectivity index (χ0n) is 17.3. The Morgan fingerprint density at radius 1 is 0.690 bits per heavy atom. The van der Waals surface area contributed by atoms with Crippen molar-refractivity contribution in [2.24, 2.45) is 0 Å². The molecule has 8 nitrogen and oxygen atoms in total. The maximum absolute atomic E-state index is 12.6. The van der Waals surface area contributed by atoms with Gasteiger partial charge in [0.25, 0.3) is 0 Å². The summed E-state index contributed by atoms with van der Waals surface area (Å²) in [7, 11) is 9.09. The van der Waals surface area contributed by atoms with Crippen LogP contribution < -0.4 is 33.7 Å². The van der Waals surface area contributed by atoms with E-state index in [9.17, 15) is 4.79 Å². The number of carbonyl (C=O) groups is 1. The second-order valence-corrected chi connectivity index (χ2v) is 5.67. The molecule has 0 amide bonds. The van der Waals surface area contributed by atoms with Gasteiger partial charge in [0.1, 0.15) is 0 Å². The van der Waals surface area contributed by atoms with Gasteiger partial charge in [0.05, 0.1) is 42.7 Å². The van der Waals surface area contributed by atoms with E-state index >= 15 is 0 Å². The molecule has 2 aromatic rings. The number of anilines is 1. The smallest absolute Gasteiger partial charge is 0.203 e. The van der Waals surface area contributed by atoms with Crippen LogP contribution in [0.4, 0.5) is 5.69 Å². The first kappa shape index (κ1) is 21.7. The second kappa shape index (κ2) is 10.1. The van der Waals surface area contributed by atoms with Crippen molar-refractivity contribution in [3.63, 3.8) is 0 Å². The van der Waals surface area contributed by atoms with E-state index in [1.54, 1.807) is 24.3 Å². The summed E-state index contributed by atoms with van der Waals surface area (Å²) >= 11 is 0. The minimum Gasteiger partial charge on any atom is -0.493 e. The maximum Gasteiger partial charge on any atom is 0.203 e. The van der Waals surface area contributed by atoms with Crippen LogP contribution in [-0.2, 0) is 0 Å². The van der Waals surface area contributed by atoms with Crippen molar-refractivity contribution in [3.8, 4) is 34.5 Å². The van der Waals surface area contributed by atoms with Gasteiger partial charge in [-0.15, -0.1) is 0 Å². The summed E-state index contributed by atoms with van der Waals surface area (Å²) in [6.45, 7) is 0. The summed E-state index contributed by atoms with van der Waals surface area (Å²) in [5, 5.41) is 3.02. The van der Waals surface area contributed by atoms with Gasteiger partial charge in [0, 0.05) is 35.7 Å². The Balaban J connectivity index is 2.24. The number of rotatable bonds is 10. The van der Waals surface area contributed by atoms with E-state index in [0.29, 0.717) is 45.7 Å². The van der Waals surface area contributed by atoms with Crippen molar-refractivity contribution < 1.29 is 33.2 Å². The van der Waals surface area contributed by atoms with Crippen molar-refractivity contribution >= 4 is 11.5 Å². The third-order valence-corrected chi connectivity index (χ3v) is 4.10. The van der Waals surface area contributed by atoms with Crippen LogP contribution in [0.25, 0.3) is 0 Å². The van der Waals surface area contributed by atoms with Crippen LogP contribution in [0.15, 0.2) is 36.5 Å². The Kier molecular flexibility index (Phi) is 7.59. The lowest BCUT2D eigenvalue weighted by Gasteiger charge is -2.14. The Morgan fingerprint density at radius 3 is 1.48 bits per heavy atom. The molecule has 29 heavy (non-hydrogen) atoms. The molecule has 0 spiro atoms. The number of hydrogen-bond donors (Lipinski definition) is 1. The van der Waals surface area contributed by atoms with Gasteiger partial charge in [-0.05, 0) is 12.1 Å². The summed E-state index contributed by atoms with van der Waals surface area (Å²) < 4.78 is 31.7. The minimum atomic E-state index is -0.246. The van der Waals surface area contributed by atoms with Gasteiger partial charge < -0.3 is 33.7 Å². The molecular weight excluding hydrogens is 378 g/mol. The van der Waals surface area contributed by atoms with Crippen LogP contribution in [-0.4, -0.2) is 48.4 Å². The minimum absolute atomic E-state index is 0.246. The Labute approximate surface area is 169 Å². The standard InChI is InChI=1S/C21H25NO7/c1-24-16-9-13(10-17(25-2)20(16)28-5)15(23)7-8-22-14-11-18(26-3)21(29-6)19(12-14)27-4/h7-12,22H,1-6H3/b8-7-. The van der Waals surface area contributed by atoms with Gasteiger partial charge in [0.15, 0.2) is 28.8 Å². The number of hydrogen-bond acceptors (Lipinski definition) is 8. The van der Waals surface area contributed by atoms with Crippen LogP contribution in [0.5, 0.6) is 34.5 Å². The highest BCUT2D eigenvalue weighted by Crippen LogP contribution is 2.40. The number of benzene rings is 2. The predicted molar refractivity (Wildman–Crippen MR) is 109 cm³/mol. The highest BCUT2D eigenvalue weighted by molar-refractivity contribution is 6.05. The summed E-state index contributed by atoms with van der Waals surface area (Å²) in [4.78, 5) is 12.6. The molecule has 0 fully saturated rings. The lowest BCUT2D eigenvalue weighted by atomic mass is 10.1. The Bertz CT molecular complexity index is 843. The summed E-state index contributed by atoms with van der Waals surface area (Å²) in [5.41, 5.74) is 1.05. The fourth-order valence-electron chi connectivity index (χ4n) is 2.70. The first-order valence-electron chi connectivity index (χ1n) is 8.60. The molecule has 0 aromatic heterocycles. The molecule has 0 aliphatic carbocycles. The highest BCUT2D eigenvalue weighted by atomic mass is 16.5. The van der Waals surface area contributed by atoms with E-state index < -0.39 is 0 Å². The predicted octanol–water partition coefficient (Wildman–Crippen LogP) is 3.55. The average molecular weight is 403 g/mol. The van der Waals surface area contributed by atoms with Crippen LogP contribution in [0.1, 0.15) is 10.4 Å². The lowest BCUT2D eigenvalue weighted by Crippen LogP contribution is -2.01. The van der Waals surface area contributed by atoms with Crippen molar-refractivity contribution in [1.82, 2.24) is 0 Å². The first-order chi connectivity index (χ1) is 14.0. The number of nitrogens with one attached hydrogen (secondary N) is 1. The monoisotopic (exact) mass is 403 g/mol. The SMILES string of the molecule is COc1cc(N/C=C\C(=O)c2cc(OC)c(OC)c(OC)c2)cc(OC)c1OC. The van der Waals surface area contributed by atoms with Crippen molar-refractivity contribution in [1.29, 1.82) is 0 Å². The molecule has 0 aliphatic rings. The summed E-state index contributed by atoms with van der Waals surface area (Å²) in [6, 6.07) is 6.64. The maximum atomic E-state index is 12.6. The number of ketones is 1. The number of methoxy groups -OCH3 is 6. The van der Waals surface area contributed by atoms with Gasteiger partial charge in [0.2, 0.25) is 11.5 Å². The number of allylic oxidation sites excluding steroid dienone is 1. The van der Waals surface area contributed by atoms with Gasteiger partial charge in [-0.1, -0.05) is 0 Å².